The molecule has 3 rings (SSSR count). The number of carbonyl (C=O) groups excluding carboxylic acids is 1. The summed E-state index contributed by atoms with van der Waals surface area (Å²) in [6.07, 6.45) is 6.34. The number of pyridine rings is 1. The van der Waals surface area contributed by atoms with Gasteiger partial charge >= 0.3 is 0 Å². The quantitative estimate of drug-likeness (QED) is 0.843. The minimum atomic E-state index is -0.536. The van der Waals surface area contributed by atoms with Crippen LogP contribution in [0.2, 0.25) is 0 Å². The van der Waals surface area contributed by atoms with Gasteiger partial charge in [0.25, 0.3) is 0 Å². The number of anilines is 1. The van der Waals surface area contributed by atoms with E-state index >= 15 is 0 Å². The Kier molecular flexibility index (Phi) is 5.91. The third kappa shape index (κ3) is 4.92. The van der Waals surface area contributed by atoms with E-state index in [-0.39, 0.29) is 5.91 Å². The Bertz CT molecular complexity index is 552. The fourth-order valence-electron chi connectivity index (χ4n) is 3.94. The van der Waals surface area contributed by atoms with Gasteiger partial charge in [0.1, 0.15) is 5.82 Å². The molecule has 1 aliphatic carbocycles. The van der Waals surface area contributed by atoms with E-state index in [1.807, 2.05) is 30.1 Å². The highest BCUT2D eigenvalue weighted by molar-refractivity contribution is 5.76. The summed E-state index contributed by atoms with van der Waals surface area (Å²) < 4.78 is 0. The molecule has 0 atom stereocenters. The summed E-state index contributed by atoms with van der Waals surface area (Å²) in [5, 5.41) is 10.5. The molecule has 2 fully saturated rings. The van der Waals surface area contributed by atoms with Gasteiger partial charge in [-0.3, -0.25) is 4.79 Å². The van der Waals surface area contributed by atoms with E-state index in [1.165, 1.54) is 0 Å². The maximum atomic E-state index is 12.5. The van der Waals surface area contributed by atoms with Gasteiger partial charge in [-0.05, 0) is 32.0 Å². The third-order valence-electron chi connectivity index (χ3n) is 5.41. The highest BCUT2D eigenvalue weighted by atomic mass is 16.3. The first-order valence-corrected chi connectivity index (χ1v) is 9.40. The largest absolute Gasteiger partial charge is 0.389 e. The fraction of sp³-hybridized carbons (Fsp3) is 0.684. The van der Waals surface area contributed by atoms with E-state index in [4.69, 9.17) is 0 Å². The lowest BCUT2D eigenvalue weighted by molar-refractivity contribution is -0.132. The van der Waals surface area contributed by atoms with Crippen molar-refractivity contribution in [1.82, 2.24) is 14.8 Å². The number of hydrogen-bond donors (Lipinski definition) is 1. The first-order chi connectivity index (χ1) is 12.1. The zero-order valence-electron chi connectivity index (χ0n) is 15.2. The number of aliphatic hydroxyl groups is 1. The van der Waals surface area contributed by atoms with Crippen molar-refractivity contribution in [1.29, 1.82) is 0 Å². The van der Waals surface area contributed by atoms with Crippen molar-refractivity contribution >= 4 is 11.7 Å². The summed E-state index contributed by atoms with van der Waals surface area (Å²) in [4.78, 5) is 23.1. The van der Waals surface area contributed by atoms with Crippen molar-refractivity contribution in [2.24, 2.45) is 0 Å². The van der Waals surface area contributed by atoms with Gasteiger partial charge in [-0.15, -0.1) is 0 Å². The van der Waals surface area contributed by atoms with Gasteiger partial charge in [0.15, 0.2) is 0 Å². The molecule has 1 N–H and O–H groups in total. The second-order valence-corrected chi connectivity index (χ2v) is 7.48. The molecule has 0 bridgehead atoms. The number of aromatic nitrogens is 1. The predicted molar refractivity (Wildman–Crippen MR) is 98.6 cm³/mol. The molecule has 0 radical (unpaired) electrons. The van der Waals surface area contributed by atoms with E-state index in [2.05, 4.69) is 14.8 Å². The Morgan fingerprint density at radius 1 is 1.24 bits per heavy atom. The van der Waals surface area contributed by atoms with Crippen LogP contribution in [0.3, 0.4) is 0 Å². The molecule has 6 heteroatoms. The van der Waals surface area contributed by atoms with Crippen molar-refractivity contribution in [3.05, 3.63) is 24.4 Å². The highest BCUT2D eigenvalue weighted by Gasteiger charge is 2.32. The van der Waals surface area contributed by atoms with E-state index in [1.54, 1.807) is 6.20 Å². The van der Waals surface area contributed by atoms with Crippen LogP contribution in [0.15, 0.2) is 24.4 Å². The molecule has 2 aliphatic rings. The molecule has 2 heterocycles. The van der Waals surface area contributed by atoms with Crippen LogP contribution in [-0.2, 0) is 4.79 Å². The van der Waals surface area contributed by atoms with Crippen LogP contribution in [0.4, 0.5) is 5.82 Å². The molecular weight excluding hydrogens is 316 g/mol. The average molecular weight is 346 g/mol. The molecule has 1 aromatic heterocycles. The number of hydrogen-bond acceptors (Lipinski definition) is 5. The van der Waals surface area contributed by atoms with Crippen LogP contribution < -0.4 is 4.90 Å². The summed E-state index contributed by atoms with van der Waals surface area (Å²) in [7, 11) is 2.00. The molecule has 6 nitrogen and oxygen atoms in total. The van der Waals surface area contributed by atoms with E-state index in [0.29, 0.717) is 19.5 Å². The van der Waals surface area contributed by atoms with Crippen molar-refractivity contribution in [3.8, 4) is 0 Å². The normalized spacial score (nSPS) is 20.3. The molecule has 138 valence electrons. The molecule has 1 saturated heterocycles. The molecule has 1 amide bonds. The number of nitrogens with zero attached hydrogens (tertiary/aromatic N) is 4. The van der Waals surface area contributed by atoms with Crippen LogP contribution in [-0.4, -0.2) is 77.7 Å². The lowest BCUT2D eigenvalue weighted by Crippen LogP contribution is -2.49. The summed E-state index contributed by atoms with van der Waals surface area (Å²) in [6.45, 7) is 4.55. The smallest absolute Gasteiger partial charge is 0.223 e. The Morgan fingerprint density at radius 2 is 1.96 bits per heavy atom. The zero-order valence-corrected chi connectivity index (χ0v) is 15.2. The Morgan fingerprint density at radius 3 is 2.60 bits per heavy atom. The minimum Gasteiger partial charge on any atom is -0.389 e. The maximum absolute atomic E-state index is 12.5. The summed E-state index contributed by atoms with van der Waals surface area (Å²) >= 11 is 0. The van der Waals surface area contributed by atoms with E-state index in [0.717, 1.165) is 57.7 Å². The SMILES string of the molecule is CN(CCC(=O)N1CCN(c2ccccn2)CC1)CC1(O)CCCC1. The average Bonchev–Trinajstić information content (AvgIpc) is 3.06. The molecule has 0 spiro atoms. The number of piperazine rings is 1. The Balaban J connectivity index is 1.39. The second kappa shape index (κ2) is 8.15. The van der Waals surface area contributed by atoms with Gasteiger partial charge in [0, 0.05) is 51.9 Å². The first kappa shape index (κ1) is 18.1. The zero-order chi connectivity index (χ0) is 17.7. The molecule has 0 aromatic carbocycles. The Hall–Kier alpha value is -1.66. The fourth-order valence-corrected chi connectivity index (χ4v) is 3.94. The van der Waals surface area contributed by atoms with Crippen LogP contribution in [0.5, 0.6) is 0 Å². The molecule has 1 aromatic rings. The van der Waals surface area contributed by atoms with Gasteiger partial charge in [-0.2, -0.15) is 0 Å². The summed E-state index contributed by atoms with van der Waals surface area (Å²) in [5.41, 5.74) is -0.536. The van der Waals surface area contributed by atoms with E-state index in [9.17, 15) is 9.90 Å². The molecule has 1 aliphatic heterocycles. The summed E-state index contributed by atoms with van der Waals surface area (Å²) in [5.74, 6) is 1.20. The van der Waals surface area contributed by atoms with Crippen molar-refractivity contribution < 1.29 is 9.90 Å². The van der Waals surface area contributed by atoms with Crippen LogP contribution in [0.1, 0.15) is 32.1 Å². The maximum Gasteiger partial charge on any atom is 0.223 e. The predicted octanol–water partition coefficient (Wildman–Crippen LogP) is 1.36. The van der Waals surface area contributed by atoms with Gasteiger partial charge in [0.05, 0.1) is 5.60 Å². The molecule has 1 saturated carbocycles. The Labute approximate surface area is 150 Å². The van der Waals surface area contributed by atoms with Crippen molar-refractivity contribution in [3.63, 3.8) is 0 Å². The van der Waals surface area contributed by atoms with Crippen LogP contribution >= 0.6 is 0 Å². The van der Waals surface area contributed by atoms with Crippen LogP contribution in [0.25, 0.3) is 0 Å². The van der Waals surface area contributed by atoms with Gasteiger partial charge in [0.2, 0.25) is 5.91 Å². The first-order valence-electron chi connectivity index (χ1n) is 9.40. The molecule has 25 heavy (non-hydrogen) atoms. The standard InChI is InChI=1S/C19H30N4O2/c1-21(16-19(25)8-3-4-9-19)11-7-18(24)23-14-12-22(13-15-23)17-6-2-5-10-20-17/h2,5-6,10,25H,3-4,7-9,11-16H2,1H3. The third-order valence-corrected chi connectivity index (χ3v) is 5.41. The summed E-state index contributed by atoms with van der Waals surface area (Å²) in [6, 6.07) is 5.93. The number of amides is 1. The highest BCUT2D eigenvalue weighted by Crippen LogP contribution is 2.29. The lowest BCUT2D eigenvalue weighted by Gasteiger charge is -2.36. The molecule has 0 unspecified atom stereocenters. The topological polar surface area (TPSA) is 59.9 Å². The van der Waals surface area contributed by atoms with Gasteiger partial charge in [-0.25, -0.2) is 4.98 Å². The van der Waals surface area contributed by atoms with Gasteiger partial charge in [-0.1, -0.05) is 18.9 Å². The number of rotatable bonds is 6. The minimum absolute atomic E-state index is 0.214. The van der Waals surface area contributed by atoms with Crippen molar-refractivity contribution in [2.45, 2.75) is 37.7 Å². The second-order valence-electron chi connectivity index (χ2n) is 7.48. The van der Waals surface area contributed by atoms with E-state index < -0.39 is 5.60 Å². The monoisotopic (exact) mass is 346 g/mol. The lowest BCUT2D eigenvalue weighted by atomic mass is 10.0. The molecular formula is C19H30N4O2. The number of carbonyl (C=O) groups is 1. The van der Waals surface area contributed by atoms with Gasteiger partial charge < -0.3 is 19.8 Å². The van der Waals surface area contributed by atoms with Crippen molar-refractivity contribution in [2.75, 3.05) is 51.2 Å². The van der Waals surface area contributed by atoms with Crippen LogP contribution in [0, 0.1) is 0 Å². The number of likely N-dealkylation sites (N-methyl/N-ethyl adjacent to an activating group) is 1.